The largest absolute Gasteiger partial charge is 0.374 e. The molecule has 2 bridgehead atoms. The molecule has 3 fully saturated rings. The van der Waals surface area contributed by atoms with E-state index in [1.54, 1.807) is 0 Å². The fourth-order valence-electron chi connectivity index (χ4n) is 3.64. The maximum Gasteiger partial charge on any atom is 0.239 e. The molecule has 0 radical (unpaired) electrons. The van der Waals surface area contributed by atoms with Crippen LogP contribution in [0.5, 0.6) is 0 Å². The molecule has 5 heteroatoms. The summed E-state index contributed by atoms with van der Waals surface area (Å²) in [6.07, 6.45) is 3.20. The molecule has 0 spiro atoms. The van der Waals surface area contributed by atoms with Gasteiger partial charge in [-0.2, -0.15) is 0 Å². The van der Waals surface area contributed by atoms with E-state index in [1.165, 1.54) is 12.8 Å². The van der Waals surface area contributed by atoms with Gasteiger partial charge in [0, 0.05) is 24.9 Å². The van der Waals surface area contributed by atoms with Crippen LogP contribution in [0.3, 0.4) is 0 Å². The van der Waals surface area contributed by atoms with E-state index in [0.717, 1.165) is 13.1 Å². The van der Waals surface area contributed by atoms with E-state index in [4.69, 9.17) is 10.5 Å². The van der Waals surface area contributed by atoms with Crippen LogP contribution < -0.4 is 5.73 Å². The molecule has 18 heavy (non-hydrogen) atoms. The molecule has 3 saturated heterocycles. The number of carbonyl (C=O) groups is 1. The Labute approximate surface area is 115 Å². The van der Waals surface area contributed by atoms with Crippen LogP contribution in [-0.2, 0) is 9.53 Å². The van der Waals surface area contributed by atoms with Gasteiger partial charge >= 0.3 is 0 Å². The van der Waals surface area contributed by atoms with Crippen molar-refractivity contribution in [2.24, 2.45) is 23.5 Å². The lowest BCUT2D eigenvalue weighted by atomic mass is 9.82. The van der Waals surface area contributed by atoms with Gasteiger partial charge in [-0.05, 0) is 18.8 Å². The second kappa shape index (κ2) is 4.99. The van der Waals surface area contributed by atoms with Crippen molar-refractivity contribution in [1.82, 2.24) is 4.90 Å². The molecule has 0 aromatic rings. The fourth-order valence-corrected chi connectivity index (χ4v) is 3.64. The third-order valence-corrected chi connectivity index (χ3v) is 4.77. The van der Waals surface area contributed by atoms with Crippen LogP contribution in [0.1, 0.15) is 26.7 Å². The van der Waals surface area contributed by atoms with Crippen LogP contribution >= 0.6 is 12.4 Å². The smallest absolute Gasteiger partial charge is 0.239 e. The van der Waals surface area contributed by atoms with Gasteiger partial charge in [0.15, 0.2) is 0 Å². The molecular formula is C13H23ClN2O2. The Hall–Kier alpha value is -0.320. The van der Waals surface area contributed by atoms with Gasteiger partial charge in [-0.25, -0.2) is 0 Å². The minimum absolute atomic E-state index is 0. The Morgan fingerprint density at radius 3 is 2.17 bits per heavy atom. The summed E-state index contributed by atoms with van der Waals surface area (Å²) in [6, 6.07) is -0.340. The molecule has 3 aliphatic heterocycles. The molecule has 3 heterocycles. The fraction of sp³-hybridized carbons (Fsp3) is 0.923. The molecular weight excluding hydrogens is 252 g/mol. The highest BCUT2D eigenvalue weighted by Gasteiger charge is 2.54. The maximum atomic E-state index is 12.2. The van der Waals surface area contributed by atoms with Gasteiger partial charge in [0.1, 0.15) is 0 Å². The first-order chi connectivity index (χ1) is 8.08. The summed E-state index contributed by atoms with van der Waals surface area (Å²) >= 11 is 0. The summed E-state index contributed by atoms with van der Waals surface area (Å²) in [5, 5.41) is 0. The lowest BCUT2D eigenvalue weighted by Crippen LogP contribution is -2.46. The Morgan fingerprint density at radius 1 is 1.22 bits per heavy atom. The van der Waals surface area contributed by atoms with Crippen molar-refractivity contribution in [2.75, 3.05) is 13.1 Å². The first-order valence-electron chi connectivity index (χ1n) is 6.77. The topological polar surface area (TPSA) is 55.6 Å². The summed E-state index contributed by atoms with van der Waals surface area (Å²) in [4.78, 5) is 14.2. The zero-order valence-electron chi connectivity index (χ0n) is 11.0. The summed E-state index contributed by atoms with van der Waals surface area (Å²) in [7, 11) is 0. The van der Waals surface area contributed by atoms with Gasteiger partial charge in [-0.15, -0.1) is 12.4 Å². The zero-order valence-corrected chi connectivity index (χ0v) is 11.9. The average Bonchev–Trinajstić information content (AvgIpc) is 2.97. The Kier molecular flexibility index (Phi) is 3.90. The predicted molar refractivity (Wildman–Crippen MR) is 71.5 cm³/mol. The molecule has 3 rings (SSSR count). The minimum Gasteiger partial charge on any atom is -0.374 e. The van der Waals surface area contributed by atoms with E-state index >= 15 is 0 Å². The predicted octanol–water partition coefficient (Wildman–Crippen LogP) is 1.03. The minimum atomic E-state index is -0.340. The van der Waals surface area contributed by atoms with Gasteiger partial charge in [-0.3, -0.25) is 4.79 Å². The first-order valence-corrected chi connectivity index (χ1v) is 6.77. The lowest BCUT2D eigenvalue weighted by molar-refractivity contribution is -0.133. The zero-order chi connectivity index (χ0) is 12.2. The molecule has 4 nitrogen and oxygen atoms in total. The Bertz CT molecular complexity index is 319. The van der Waals surface area contributed by atoms with Gasteiger partial charge in [0.05, 0.1) is 18.2 Å². The number of carbonyl (C=O) groups excluding carboxylic acids is 1. The first kappa shape index (κ1) is 14.1. The van der Waals surface area contributed by atoms with Crippen molar-refractivity contribution >= 4 is 18.3 Å². The number of hydrogen-bond acceptors (Lipinski definition) is 3. The number of fused-ring (bicyclic) bond motifs is 5. The number of likely N-dealkylation sites (tertiary alicyclic amines) is 1. The van der Waals surface area contributed by atoms with E-state index < -0.39 is 0 Å². The maximum absolute atomic E-state index is 12.2. The van der Waals surface area contributed by atoms with Crippen LogP contribution in [-0.4, -0.2) is 42.1 Å². The van der Waals surface area contributed by atoms with E-state index in [0.29, 0.717) is 24.0 Å². The number of amides is 1. The third-order valence-electron chi connectivity index (χ3n) is 4.77. The molecule has 104 valence electrons. The highest BCUT2D eigenvalue weighted by Crippen LogP contribution is 2.47. The average molecular weight is 275 g/mol. The van der Waals surface area contributed by atoms with Crippen LogP contribution in [0.4, 0.5) is 0 Å². The highest BCUT2D eigenvalue weighted by molar-refractivity contribution is 5.85. The molecule has 5 atom stereocenters. The number of ether oxygens (including phenoxy) is 1. The summed E-state index contributed by atoms with van der Waals surface area (Å²) < 4.78 is 5.91. The van der Waals surface area contributed by atoms with Crippen molar-refractivity contribution in [2.45, 2.75) is 44.9 Å². The summed E-state index contributed by atoms with van der Waals surface area (Å²) in [5.74, 6) is 1.51. The second-order valence-electron chi connectivity index (χ2n) is 6.13. The SMILES string of the molecule is CC(C)[C@H](N)C(=O)N1CC2C3CCC(O3)C2C1.Cl. The molecule has 0 aromatic heterocycles. The van der Waals surface area contributed by atoms with E-state index in [-0.39, 0.29) is 30.3 Å². The van der Waals surface area contributed by atoms with Crippen LogP contribution in [0.25, 0.3) is 0 Å². The van der Waals surface area contributed by atoms with Crippen molar-refractivity contribution in [1.29, 1.82) is 0 Å². The van der Waals surface area contributed by atoms with E-state index in [1.807, 2.05) is 18.7 Å². The monoisotopic (exact) mass is 274 g/mol. The van der Waals surface area contributed by atoms with Crippen molar-refractivity contribution in [3.05, 3.63) is 0 Å². The second-order valence-corrected chi connectivity index (χ2v) is 6.13. The number of halogens is 1. The normalized spacial score (nSPS) is 38.8. The van der Waals surface area contributed by atoms with E-state index in [9.17, 15) is 4.79 Å². The molecule has 0 aliphatic carbocycles. The summed E-state index contributed by atoms with van der Waals surface area (Å²) in [5.41, 5.74) is 5.95. The molecule has 1 amide bonds. The van der Waals surface area contributed by atoms with Crippen molar-refractivity contribution in [3.63, 3.8) is 0 Å². The van der Waals surface area contributed by atoms with Crippen molar-refractivity contribution < 1.29 is 9.53 Å². The van der Waals surface area contributed by atoms with Gasteiger partial charge in [0.2, 0.25) is 5.91 Å². The van der Waals surface area contributed by atoms with Crippen LogP contribution in [0, 0.1) is 17.8 Å². The van der Waals surface area contributed by atoms with Crippen molar-refractivity contribution in [3.8, 4) is 0 Å². The standard InChI is InChI=1S/C13H22N2O2.ClH/c1-7(2)12(14)13(16)15-5-8-9(6-15)11-4-3-10(8)17-11;/h7-12H,3-6,14H2,1-2H3;1H/t8?,9?,10?,11?,12-;/m0./s1. The number of hydrogen-bond donors (Lipinski definition) is 1. The highest BCUT2D eigenvalue weighted by atomic mass is 35.5. The third kappa shape index (κ3) is 2.04. The Balaban J connectivity index is 0.00000120. The van der Waals surface area contributed by atoms with Gasteiger partial charge < -0.3 is 15.4 Å². The molecule has 4 unspecified atom stereocenters. The lowest BCUT2D eigenvalue weighted by Gasteiger charge is -2.24. The van der Waals surface area contributed by atoms with Crippen LogP contribution in [0.2, 0.25) is 0 Å². The molecule has 0 aromatic carbocycles. The number of rotatable bonds is 2. The Morgan fingerprint density at radius 2 is 1.72 bits per heavy atom. The quantitative estimate of drug-likeness (QED) is 0.818. The number of nitrogens with zero attached hydrogens (tertiary/aromatic N) is 1. The number of nitrogens with two attached hydrogens (primary N) is 1. The van der Waals surface area contributed by atoms with E-state index in [2.05, 4.69) is 0 Å². The van der Waals surface area contributed by atoms with Crippen LogP contribution in [0.15, 0.2) is 0 Å². The summed E-state index contributed by atoms with van der Waals surface area (Å²) in [6.45, 7) is 5.74. The molecule has 3 aliphatic rings. The van der Waals surface area contributed by atoms with Gasteiger partial charge in [0.25, 0.3) is 0 Å². The molecule has 2 N–H and O–H groups in total. The van der Waals surface area contributed by atoms with Gasteiger partial charge in [-0.1, -0.05) is 13.8 Å². The molecule has 0 saturated carbocycles.